The number of hydrogen-bond donors (Lipinski definition) is 0. The van der Waals surface area contributed by atoms with Crippen molar-refractivity contribution in [3.05, 3.63) is 42.2 Å². The third-order valence-corrected chi connectivity index (χ3v) is 6.73. The second-order valence-electron chi connectivity index (χ2n) is 6.72. The first-order valence-electron chi connectivity index (χ1n) is 8.92. The first-order valence-corrected chi connectivity index (χ1v) is 10.4. The summed E-state index contributed by atoms with van der Waals surface area (Å²) in [5.41, 5.74) is 1.10. The van der Waals surface area contributed by atoms with Crippen molar-refractivity contribution in [2.24, 2.45) is 5.92 Å². The van der Waals surface area contributed by atoms with Crippen LogP contribution < -0.4 is 0 Å². The van der Waals surface area contributed by atoms with E-state index in [1.54, 1.807) is 29.7 Å². The first kappa shape index (κ1) is 19.0. The number of pyridine rings is 1. The number of aromatic nitrogens is 3. The summed E-state index contributed by atoms with van der Waals surface area (Å²) in [6.45, 7) is 4.52. The highest BCUT2D eigenvalue weighted by atomic mass is 32.2. The van der Waals surface area contributed by atoms with Crippen LogP contribution in [0.1, 0.15) is 24.4 Å². The summed E-state index contributed by atoms with van der Waals surface area (Å²) in [6, 6.07) is 3.26. The van der Waals surface area contributed by atoms with Gasteiger partial charge in [-0.3, -0.25) is 4.98 Å². The molecule has 1 aliphatic rings. The van der Waals surface area contributed by atoms with E-state index < -0.39 is 10.0 Å². The van der Waals surface area contributed by atoms with Crippen molar-refractivity contribution in [1.82, 2.24) is 18.8 Å². The number of rotatable bonds is 7. The smallest absolute Gasteiger partial charge is 0.244 e. The lowest BCUT2D eigenvalue weighted by atomic mass is 9.96. The minimum atomic E-state index is -3.48. The predicted octanol–water partition coefficient (Wildman–Crippen LogP) is 1.88. The zero-order valence-electron chi connectivity index (χ0n) is 15.3. The highest BCUT2D eigenvalue weighted by Gasteiger charge is 2.31. The van der Waals surface area contributed by atoms with E-state index >= 15 is 0 Å². The van der Waals surface area contributed by atoms with Crippen LogP contribution in [0.4, 0.5) is 0 Å². The van der Waals surface area contributed by atoms with Crippen LogP contribution in [0.3, 0.4) is 0 Å². The van der Waals surface area contributed by atoms with Gasteiger partial charge in [0.15, 0.2) is 0 Å². The fraction of sp³-hybridized carbons (Fsp3) is 0.556. The molecule has 1 unspecified atom stereocenters. The molecule has 0 amide bonds. The molecule has 0 radical (unpaired) electrons. The number of aryl methyl sites for hydroxylation is 1. The van der Waals surface area contributed by atoms with Crippen molar-refractivity contribution in [1.29, 1.82) is 0 Å². The standard InChI is InChI=1S/C18H26N4O3S/c1-15-12-20-18(22(15)9-10-25-2)11-16-5-4-8-21(14-16)26(23,24)17-6-3-7-19-13-17/h3,6-7,12-13,16H,4-5,8-11,14H2,1-2H3. The minimum absolute atomic E-state index is 0.262. The number of sulfonamides is 1. The van der Waals surface area contributed by atoms with Crippen molar-refractivity contribution >= 4 is 10.0 Å². The Morgan fingerprint density at radius 3 is 2.92 bits per heavy atom. The van der Waals surface area contributed by atoms with Crippen LogP contribution in [0.5, 0.6) is 0 Å². The molecule has 1 atom stereocenters. The highest BCUT2D eigenvalue weighted by Crippen LogP contribution is 2.25. The molecule has 3 rings (SSSR count). The zero-order chi connectivity index (χ0) is 18.6. The summed E-state index contributed by atoms with van der Waals surface area (Å²) >= 11 is 0. The Morgan fingerprint density at radius 2 is 2.19 bits per heavy atom. The van der Waals surface area contributed by atoms with Gasteiger partial charge in [0, 0.05) is 57.4 Å². The maximum absolute atomic E-state index is 12.8. The second kappa shape index (κ2) is 8.28. The Kier molecular flexibility index (Phi) is 6.05. The van der Waals surface area contributed by atoms with E-state index in [-0.39, 0.29) is 10.8 Å². The van der Waals surface area contributed by atoms with E-state index in [2.05, 4.69) is 14.5 Å². The van der Waals surface area contributed by atoms with Crippen LogP contribution in [0.15, 0.2) is 35.6 Å². The lowest BCUT2D eigenvalue weighted by molar-refractivity contribution is 0.184. The molecule has 0 N–H and O–H groups in total. The third-order valence-electron chi connectivity index (χ3n) is 4.88. The number of imidazole rings is 1. The topological polar surface area (TPSA) is 77.3 Å². The van der Waals surface area contributed by atoms with Crippen LogP contribution in [-0.4, -0.2) is 54.1 Å². The van der Waals surface area contributed by atoms with Gasteiger partial charge in [-0.15, -0.1) is 0 Å². The molecule has 142 valence electrons. The maximum Gasteiger partial charge on any atom is 0.244 e. The normalized spacial score (nSPS) is 18.9. The molecule has 1 saturated heterocycles. The Labute approximate surface area is 155 Å². The van der Waals surface area contributed by atoms with Gasteiger partial charge < -0.3 is 9.30 Å². The molecular weight excluding hydrogens is 352 g/mol. The van der Waals surface area contributed by atoms with Crippen LogP contribution in [0.2, 0.25) is 0 Å². The number of ether oxygens (including phenoxy) is 1. The molecule has 3 heterocycles. The van der Waals surface area contributed by atoms with E-state index in [0.717, 1.165) is 37.3 Å². The molecule has 2 aromatic heterocycles. The molecule has 0 bridgehead atoms. The van der Waals surface area contributed by atoms with E-state index in [1.165, 1.54) is 6.20 Å². The van der Waals surface area contributed by atoms with E-state index in [4.69, 9.17) is 4.74 Å². The molecule has 7 nitrogen and oxygen atoms in total. The highest BCUT2D eigenvalue weighted by molar-refractivity contribution is 7.89. The average Bonchev–Trinajstić information content (AvgIpc) is 3.00. The van der Waals surface area contributed by atoms with Gasteiger partial charge in [0.05, 0.1) is 6.61 Å². The molecule has 0 aromatic carbocycles. The van der Waals surface area contributed by atoms with Gasteiger partial charge in [-0.1, -0.05) is 0 Å². The van der Waals surface area contributed by atoms with Crippen LogP contribution in [0.25, 0.3) is 0 Å². The van der Waals surface area contributed by atoms with Gasteiger partial charge in [0.25, 0.3) is 0 Å². The second-order valence-corrected chi connectivity index (χ2v) is 8.66. The van der Waals surface area contributed by atoms with Gasteiger partial charge in [-0.2, -0.15) is 4.31 Å². The van der Waals surface area contributed by atoms with Crippen LogP contribution in [-0.2, 0) is 27.7 Å². The molecule has 8 heteroatoms. The van der Waals surface area contributed by atoms with Gasteiger partial charge in [0.1, 0.15) is 10.7 Å². The fourth-order valence-corrected chi connectivity index (χ4v) is 5.00. The largest absolute Gasteiger partial charge is 0.383 e. The zero-order valence-corrected chi connectivity index (χ0v) is 16.2. The van der Waals surface area contributed by atoms with Crippen LogP contribution in [0, 0.1) is 12.8 Å². The third kappa shape index (κ3) is 4.13. The molecule has 26 heavy (non-hydrogen) atoms. The van der Waals surface area contributed by atoms with E-state index in [9.17, 15) is 8.42 Å². The molecular formula is C18H26N4O3S. The van der Waals surface area contributed by atoms with Crippen molar-refractivity contribution in [2.45, 2.75) is 37.6 Å². The molecule has 0 saturated carbocycles. The Bertz CT molecular complexity index is 820. The number of methoxy groups -OCH3 is 1. The van der Waals surface area contributed by atoms with Crippen molar-refractivity contribution in [2.75, 3.05) is 26.8 Å². The number of piperidine rings is 1. The summed E-state index contributed by atoms with van der Waals surface area (Å²) in [7, 11) is -1.79. The van der Waals surface area contributed by atoms with E-state index in [0.29, 0.717) is 19.7 Å². The van der Waals surface area contributed by atoms with Crippen molar-refractivity contribution in [3.8, 4) is 0 Å². The average molecular weight is 378 g/mol. The molecule has 1 aliphatic heterocycles. The van der Waals surface area contributed by atoms with Crippen molar-refractivity contribution in [3.63, 3.8) is 0 Å². The van der Waals surface area contributed by atoms with Crippen LogP contribution >= 0.6 is 0 Å². The molecule has 0 aliphatic carbocycles. The Hall–Kier alpha value is -1.77. The summed E-state index contributed by atoms with van der Waals surface area (Å²) in [5, 5.41) is 0. The monoisotopic (exact) mass is 378 g/mol. The maximum atomic E-state index is 12.8. The lowest BCUT2D eigenvalue weighted by Gasteiger charge is -2.31. The summed E-state index contributed by atoms with van der Waals surface area (Å²) in [4.78, 5) is 8.74. The van der Waals surface area contributed by atoms with Crippen molar-refractivity contribution < 1.29 is 13.2 Å². The van der Waals surface area contributed by atoms with Gasteiger partial charge >= 0.3 is 0 Å². The fourth-order valence-electron chi connectivity index (χ4n) is 3.48. The van der Waals surface area contributed by atoms with E-state index in [1.807, 2.05) is 13.1 Å². The molecule has 0 spiro atoms. The quantitative estimate of drug-likeness (QED) is 0.735. The summed E-state index contributed by atoms with van der Waals surface area (Å²) in [5.74, 6) is 1.27. The molecule has 1 fully saturated rings. The first-order chi connectivity index (χ1) is 12.5. The SMILES string of the molecule is COCCn1c(C)cnc1CC1CCCN(S(=O)(=O)c2cccnc2)C1. The Morgan fingerprint density at radius 1 is 1.35 bits per heavy atom. The number of nitrogens with zero attached hydrogens (tertiary/aromatic N) is 4. The summed E-state index contributed by atoms with van der Waals surface area (Å²) in [6.07, 6.45) is 7.52. The predicted molar refractivity (Wildman–Crippen MR) is 98.3 cm³/mol. The van der Waals surface area contributed by atoms with Gasteiger partial charge in [0.2, 0.25) is 10.0 Å². The molecule has 2 aromatic rings. The summed E-state index contributed by atoms with van der Waals surface area (Å²) < 4.78 is 34.6. The van der Waals surface area contributed by atoms with Gasteiger partial charge in [-0.05, 0) is 37.8 Å². The number of hydrogen-bond acceptors (Lipinski definition) is 5. The minimum Gasteiger partial charge on any atom is -0.383 e. The Balaban J connectivity index is 1.72. The van der Waals surface area contributed by atoms with Gasteiger partial charge in [-0.25, -0.2) is 13.4 Å². The lowest BCUT2D eigenvalue weighted by Crippen LogP contribution is -2.40.